The fourth-order valence-electron chi connectivity index (χ4n) is 1.70. The maximum Gasteiger partial charge on any atom is 0.211 e. The second kappa shape index (κ2) is 8.10. The molecule has 2 nitrogen and oxygen atoms in total. The van der Waals surface area contributed by atoms with Crippen LogP contribution < -0.4 is 0 Å². The van der Waals surface area contributed by atoms with Crippen molar-refractivity contribution >= 4 is 8.32 Å². The van der Waals surface area contributed by atoms with E-state index in [-0.39, 0.29) is 6.10 Å². The predicted octanol–water partition coefficient (Wildman–Crippen LogP) is 4.09. The van der Waals surface area contributed by atoms with Crippen LogP contribution in [0.2, 0.25) is 13.1 Å². The third-order valence-corrected chi connectivity index (χ3v) is 4.73. The zero-order valence-electron chi connectivity index (χ0n) is 12.0. The number of ether oxygens (including phenoxy) is 1. The van der Waals surface area contributed by atoms with Crippen LogP contribution in [-0.2, 0) is 15.8 Å². The molecule has 0 amide bonds. The molecule has 0 saturated heterocycles. The van der Waals surface area contributed by atoms with Crippen molar-refractivity contribution in [2.75, 3.05) is 6.61 Å². The van der Waals surface area contributed by atoms with Gasteiger partial charge in [-0.1, -0.05) is 42.1 Å². The Morgan fingerprint density at radius 2 is 1.89 bits per heavy atom. The molecular weight excluding hydrogens is 252 g/mol. The van der Waals surface area contributed by atoms with Crippen LogP contribution in [0.1, 0.15) is 12.0 Å². The standard InChI is InChI=1S/C16H24O2Si/c1-5-10-16(18-19(3,4)6-2)14-17-13-15-11-8-7-9-12-15/h5-9,11-12,16H,1-2,10,13-14H2,3-4H3. The lowest BCUT2D eigenvalue weighted by Gasteiger charge is -2.26. The van der Waals surface area contributed by atoms with Crippen molar-refractivity contribution in [3.05, 3.63) is 60.8 Å². The number of hydrogen-bond acceptors (Lipinski definition) is 2. The van der Waals surface area contributed by atoms with Gasteiger partial charge >= 0.3 is 0 Å². The van der Waals surface area contributed by atoms with Crippen molar-refractivity contribution in [1.82, 2.24) is 0 Å². The second-order valence-corrected chi connectivity index (χ2v) is 8.92. The summed E-state index contributed by atoms with van der Waals surface area (Å²) in [5.74, 6) is 0. The third kappa shape index (κ3) is 6.52. The molecule has 1 atom stereocenters. The predicted molar refractivity (Wildman–Crippen MR) is 83.5 cm³/mol. The quantitative estimate of drug-likeness (QED) is 0.499. The Morgan fingerprint density at radius 3 is 2.47 bits per heavy atom. The van der Waals surface area contributed by atoms with Crippen LogP contribution in [0.4, 0.5) is 0 Å². The van der Waals surface area contributed by atoms with E-state index in [0.29, 0.717) is 13.2 Å². The van der Waals surface area contributed by atoms with Gasteiger partial charge in [-0.2, -0.15) is 0 Å². The van der Waals surface area contributed by atoms with Crippen LogP contribution in [0.5, 0.6) is 0 Å². The molecule has 0 spiro atoms. The maximum absolute atomic E-state index is 6.09. The molecular formula is C16H24O2Si. The van der Waals surface area contributed by atoms with Gasteiger partial charge in [-0.25, -0.2) is 0 Å². The molecule has 3 heteroatoms. The Hall–Kier alpha value is -1.16. The van der Waals surface area contributed by atoms with Gasteiger partial charge in [-0.15, -0.1) is 13.2 Å². The van der Waals surface area contributed by atoms with Gasteiger partial charge in [0.1, 0.15) is 0 Å². The zero-order chi connectivity index (χ0) is 14.1. The maximum atomic E-state index is 6.09. The minimum absolute atomic E-state index is 0.0703. The van der Waals surface area contributed by atoms with E-state index >= 15 is 0 Å². The molecule has 0 saturated carbocycles. The lowest BCUT2D eigenvalue weighted by molar-refractivity contribution is 0.0396. The van der Waals surface area contributed by atoms with Crippen molar-refractivity contribution in [1.29, 1.82) is 0 Å². The van der Waals surface area contributed by atoms with Crippen LogP contribution in [-0.4, -0.2) is 21.0 Å². The fraction of sp³-hybridized carbons (Fsp3) is 0.375. The molecule has 0 radical (unpaired) electrons. The molecule has 0 aromatic heterocycles. The largest absolute Gasteiger partial charge is 0.408 e. The Balaban J connectivity index is 2.41. The van der Waals surface area contributed by atoms with E-state index in [0.717, 1.165) is 6.42 Å². The summed E-state index contributed by atoms with van der Waals surface area (Å²) in [6.07, 6.45) is 2.75. The fourth-order valence-corrected chi connectivity index (χ4v) is 2.82. The summed E-state index contributed by atoms with van der Waals surface area (Å²) < 4.78 is 11.8. The van der Waals surface area contributed by atoms with Gasteiger partial charge in [-0.3, -0.25) is 0 Å². The Kier molecular flexibility index (Phi) is 6.77. The molecule has 1 rings (SSSR count). The van der Waals surface area contributed by atoms with Crippen molar-refractivity contribution in [2.45, 2.75) is 32.2 Å². The van der Waals surface area contributed by atoms with E-state index in [1.807, 2.05) is 30.0 Å². The Bertz CT molecular complexity index is 387. The number of benzene rings is 1. The van der Waals surface area contributed by atoms with Gasteiger partial charge in [0.25, 0.3) is 0 Å². The first-order valence-corrected chi connectivity index (χ1v) is 9.60. The van der Waals surface area contributed by atoms with E-state index in [4.69, 9.17) is 9.16 Å². The molecule has 0 aliphatic carbocycles. The second-order valence-electron chi connectivity index (χ2n) is 5.07. The monoisotopic (exact) mass is 276 g/mol. The molecule has 0 aliphatic rings. The summed E-state index contributed by atoms with van der Waals surface area (Å²) in [5, 5.41) is 0. The normalized spacial score (nSPS) is 12.9. The summed E-state index contributed by atoms with van der Waals surface area (Å²) in [6.45, 7) is 13.1. The summed E-state index contributed by atoms with van der Waals surface area (Å²) in [6, 6.07) is 10.2. The van der Waals surface area contributed by atoms with E-state index in [1.54, 1.807) is 0 Å². The first-order chi connectivity index (χ1) is 9.07. The van der Waals surface area contributed by atoms with Crippen molar-refractivity contribution < 1.29 is 9.16 Å². The number of rotatable bonds is 9. The molecule has 0 aliphatic heterocycles. The topological polar surface area (TPSA) is 18.5 Å². The molecule has 1 aromatic carbocycles. The zero-order valence-corrected chi connectivity index (χ0v) is 13.0. The highest BCUT2D eigenvalue weighted by atomic mass is 28.4. The van der Waals surface area contributed by atoms with Crippen LogP contribution in [0, 0.1) is 0 Å². The van der Waals surface area contributed by atoms with E-state index in [9.17, 15) is 0 Å². The van der Waals surface area contributed by atoms with Crippen LogP contribution in [0.15, 0.2) is 55.3 Å². The minimum atomic E-state index is -1.77. The van der Waals surface area contributed by atoms with Crippen molar-refractivity contribution in [3.63, 3.8) is 0 Å². The molecule has 0 fully saturated rings. The lowest BCUT2D eigenvalue weighted by atomic mass is 10.2. The number of hydrogen-bond donors (Lipinski definition) is 0. The van der Waals surface area contributed by atoms with Crippen LogP contribution in [0.25, 0.3) is 0 Å². The van der Waals surface area contributed by atoms with Gasteiger partial charge < -0.3 is 9.16 Å². The van der Waals surface area contributed by atoms with E-state index in [2.05, 4.69) is 38.4 Å². The van der Waals surface area contributed by atoms with Gasteiger partial charge in [-0.05, 0) is 25.1 Å². The SMILES string of the molecule is C=CCC(COCc1ccccc1)O[Si](C)(C)C=C. The average Bonchev–Trinajstić information content (AvgIpc) is 2.40. The van der Waals surface area contributed by atoms with Gasteiger partial charge in [0.15, 0.2) is 0 Å². The highest BCUT2D eigenvalue weighted by Crippen LogP contribution is 2.13. The smallest absolute Gasteiger partial charge is 0.211 e. The van der Waals surface area contributed by atoms with Crippen LogP contribution >= 0.6 is 0 Å². The average molecular weight is 276 g/mol. The molecule has 19 heavy (non-hydrogen) atoms. The molecule has 104 valence electrons. The summed E-state index contributed by atoms with van der Waals surface area (Å²) in [4.78, 5) is 0. The van der Waals surface area contributed by atoms with E-state index < -0.39 is 8.32 Å². The van der Waals surface area contributed by atoms with Crippen LogP contribution in [0.3, 0.4) is 0 Å². The lowest BCUT2D eigenvalue weighted by Crippen LogP contribution is -2.35. The highest BCUT2D eigenvalue weighted by molar-refractivity contribution is 6.76. The van der Waals surface area contributed by atoms with Gasteiger partial charge in [0, 0.05) is 0 Å². The first-order valence-electron chi connectivity index (χ1n) is 6.61. The van der Waals surface area contributed by atoms with Gasteiger partial charge in [0.2, 0.25) is 8.32 Å². The molecule has 0 N–H and O–H groups in total. The Morgan fingerprint density at radius 1 is 1.21 bits per heavy atom. The summed E-state index contributed by atoms with van der Waals surface area (Å²) in [5.41, 5.74) is 3.13. The molecule has 1 aromatic rings. The van der Waals surface area contributed by atoms with Crippen molar-refractivity contribution in [2.24, 2.45) is 0 Å². The third-order valence-electron chi connectivity index (χ3n) is 2.81. The molecule has 0 bridgehead atoms. The van der Waals surface area contributed by atoms with E-state index in [1.165, 1.54) is 5.56 Å². The van der Waals surface area contributed by atoms with Crippen molar-refractivity contribution in [3.8, 4) is 0 Å². The Labute approximate surface area is 117 Å². The highest BCUT2D eigenvalue weighted by Gasteiger charge is 2.22. The minimum Gasteiger partial charge on any atom is -0.408 e. The summed E-state index contributed by atoms with van der Waals surface area (Å²) in [7, 11) is -1.77. The molecule has 0 heterocycles. The summed E-state index contributed by atoms with van der Waals surface area (Å²) >= 11 is 0. The molecule has 1 unspecified atom stereocenters. The van der Waals surface area contributed by atoms with Gasteiger partial charge in [0.05, 0.1) is 19.3 Å². The first kappa shape index (κ1) is 15.9.